The fourth-order valence-corrected chi connectivity index (χ4v) is 1.41. The van der Waals surface area contributed by atoms with Crippen molar-refractivity contribution in [2.75, 3.05) is 5.32 Å². The molecular formula is C13H9FN2O3. The summed E-state index contributed by atoms with van der Waals surface area (Å²) in [6, 6.07) is 9.31. The van der Waals surface area contributed by atoms with E-state index in [2.05, 4.69) is 10.3 Å². The van der Waals surface area contributed by atoms with Crippen LogP contribution in [0.15, 0.2) is 42.5 Å². The monoisotopic (exact) mass is 260 g/mol. The molecule has 2 aromatic rings. The Morgan fingerprint density at radius 3 is 2.32 bits per heavy atom. The lowest BCUT2D eigenvalue weighted by molar-refractivity contribution is 0.0690. The van der Waals surface area contributed by atoms with Gasteiger partial charge < -0.3 is 10.4 Å². The molecule has 0 aliphatic rings. The highest BCUT2D eigenvalue weighted by Gasteiger charge is 2.11. The van der Waals surface area contributed by atoms with Crippen molar-refractivity contribution in [3.05, 3.63) is 59.7 Å². The van der Waals surface area contributed by atoms with Crippen LogP contribution in [0.1, 0.15) is 21.0 Å². The van der Waals surface area contributed by atoms with Gasteiger partial charge in [0.2, 0.25) is 0 Å². The van der Waals surface area contributed by atoms with Crippen molar-refractivity contribution in [3.8, 4) is 0 Å². The molecule has 0 saturated carbocycles. The third kappa shape index (κ3) is 3.12. The van der Waals surface area contributed by atoms with Crippen LogP contribution < -0.4 is 5.32 Å². The van der Waals surface area contributed by atoms with Crippen molar-refractivity contribution in [3.63, 3.8) is 0 Å². The number of aromatic nitrogens is 1. The van der Waals surface area contributed by atoms with Crippen LogP contribution in [-0.2, 0) is 0 Å². The quantitative estimate of drug-likeness (QED) is 0.886. The molecule has 0 unspecified atom stereocenters. The summed E-state index contributed by atoms with van der Waals surface area (Å²) in [4.78, 5) is 26.2. The highest BCUT2D eigenvalue weighted by atomic mass is 19.1. The van der Waals surface area contributed by atoms with Gasteiger partial charge in [0.1, 0.15) is 17.2 Å². The maximum atomic E-state index is 12.7. The summed E-state index contributed by atoms with van der Waals surface area (Å²) in [5.41, 5.74) is 0.157. The van der Waals surface area contributed by atoms with Crippen molar-refractivity contribution in [2.24, 2.45) is 0 Å². The lowest BCUT2D eigenvalue weighted by Crippen LogP contribution is -2.15. The van der Waals surface area contributed by atoms with Crippen LogP contribution in [0.2, 0.25) is 0 Å². The molecule has 0 fully saturated rings. The molecule has 0 radical (unpaired) electrons. The Labute approximate surface area is 107 Å². The number of hydrogen-bond acceptors (Lipinski definition) is 3. The van der Waals surface area contributed by atoms with Gasteiger partial charge in [0.15, 0.2) is 0 Å². The van der Waals surface area contributed by atoms with E-state index in [4.69, 9.17) is 5.11 Å². The van der Waals surface area contributed by atoms with E-state index in [1.165, 1.54) is 42.5 Å². The van der Waals surface area contributed by atoms with E-state index in [1.54, 1.807) is 0 Å². The fraction of sp³-hybridized carbons (Fsp3) is 0. The van der Waals surface area contributed by atoms with Crippen LogP contribution in [0.4, 0.5) is 10.1 Å². The molecule has 0 bridgehead atoms. The first-order chi connectivity index (χ1) is 9.06. The van der Waals surface area contributed by atoms with Crippen molar-refractivity contribution < 1.29 is 19.1 Å². The number of carbonyl (C=O) groups excluding carboxylic acids is 1. The second-order valence-corrected chi connectivity index (χ2v) is 3.67. The van der Waals surface area contributed by atoms with Gasteiger partial charge in [-0.2, -0.15) is 0 Å². The number of amides is 1. The molecule has 1 amide bonds. The Hall–Kier alpha value is -2.76. The molecular weight excluding hydrogens is 251 g/mol. The van der Waals surface area contributed by atoms with E-state index in [9.17, 15) is 14.0 Å². The third-order valence-electron chi connectivity index (χ3n) is 2.30. The maximum absolute atomic E-state index is 12.7. The van der Waals surface area contributed by atoms with Gasteiger partial charge in [-0.3, -0.25) is 4.79 Å². The van der Waals surface area contributed by atoms with Gasteiger partial charge in [-0.15, -0.1) is 0 Å². The van der Waals surface area contributed by atoms with Crippen molar-refractivity contribution >= 4 is 17.6 Å². The van der Waals surface area contributed by atoms with Gasteiger partial charge in [-0.25, -0.2) is 14.2 Å². The first-order valence-corrected chi connectivity index (χ1v) is 5.33. The Bertz CT molecular complexity index is 626. The Kier molecular flexibility index (Phi) is 3.51. The summed E-state index contributed by atoms with van der Waals surface area (Å²) >= 11 is 0. The SMILES string of the molecule is O=C(O)c1cccc(C(=O)Nc2ccc(F)cc2)n1. The van der Waals surface area contributed by atoms with Gasteiger partial charge in [0.25, 0.3) is 5.91 Å². The number of aromatic carboxylic acids is 1. The summed E-state index contributed by atoms with van der Waals surface area (Å²) in [6.07, 6.45) is 0. The number of hydrogen-bond donors (Lipinski definition) is 2. The minimum atomic E-state index is -1.21. The van der Waals surface area contributed by atoms with Crippen molar-refractivity contribution in [1.29, 1.82) is 0 Å². The second kappa shape index (κ2) is 5.26. The van der Waals surface area contributed by atoms with E-state index in [-0.39, 0.29) is 11.4 Å². The molecule has 2 rings (SSSR count). The standard InChI is InChI=1S/C13H9FN2O3/c14-8-4-6-9(7-5-8)15-12(17)10-2-1-3-11(16-10)13(18)19/h1-7H,(H,15,17)(H,18,19). The first-order valence-electron chi connectivity index (χ1n) is 5.33. The van der Waals surface area contributed by atoms with Crippen LogP contribution in [-0.4, -0.2) is 22.0 Å². The van der Waals surface area contributed by atoms with Gasteiger partial charge in [0, 0.05) is 5.69 Å². The molecule has 6 heteroatoms. The van der Waals surface area contributed by atoms with Crippen LogP contribution >= 0.6 is 0 Å². The zero-order valence-electron chi connectivity index (χ0n) is 9.63. The lowest BCUT2D eigenvalue weighted by atomic mass is 10.2. The molecule has 2 N–H and O–H groups in total. The van der Waals surface area contributed by atoms with Crippen LogP contribution in [0.25, 0.3) is 0 Å². The molecule has 0 saturated heterocycles. The number of halogens is 1. The Morgan fingerprint density at radius 2 is 1.68 bits per heavy atom. The highest BCUT2D eigenvalue weighted by molar-refractivity contribution is 6.03. The average Bonchev–Trinajstić information content (AvgIpc) is 2.41. The number of nitrogens with one attached hydrogen (secondary N) is 1. The van der Waals surface area contributed by atoms with E-state index in [1.807, 2.05) is 0 Å². The molecule has 1 aromatic carbocycles. The van der Waals surface area contributed by atoms with Crippen LogP contribution in [0, 0.1) is 5.82 Å². The topological polar surface area (TPSA) is 79.3 Å². The Morgan fingerprint density at radius 1 is 1.05 bits per heavy atom. The minimum Gasteiger partial charge on any atom is -0.477 e. The van der Waals surface area contributed by atoms with Crippen LogP contribution in [0.5, 0.6) is 0 Å². The van der Waals surface area contributed by atoms with Crippen molar-refractivity contribution in [2.45, 2.75) is 0 Å². The molecule has 1 aromatic heterocycles. The largest absolute Gasteiger partial charge is 0.477 e. The fourth-order valence-electron chi connectivity index (χ4n) is 1.41. The summed E-state index contributed by atoms with van der Waals surface area (Å²) in [5, 5.41) is 11.3. The second-order valence-electron chi connectivity index (χ2n) is 3.67. The number of pyridine rings is 1. The van der Waals surface area contributed by atoms with E-state index >= 15 is 0 Å². The molecule has 0 aliphatic heterocycles. The normalized spacial score (nSPS) is 9.95. The van der Waals surface area contributed by atoms with E-state index < -0.39 is 17.7 Å². The highest BCUT2D eigenvalue weighted by Crippen LogP contribution is 2.10. The summed E-state index contributed by atoms with van der Waals surface area (Å²) in [5.74, 6) is -2.19. The molecule has 1 heterocycles. The first kappa shape index (κ1) is 12.7. The zero-order valence-corrected chi connectivity index (χ0v) is 9.63. The van der Waals surface area contributed by atoms with E-state index in [0.29, 0.717) is 5.69 Å². The number of carboxylic acids is 1. The van der Waals surface area contributed by atoms with Crippen LogP contribution in [0.3, 0.4) is 0 Å². The Balaban J connectivity index is 2.18. The molecule has 0 spiro atoms. The molecule has 0 aliphatic carbocycles. The molecule has 19 heavy (non-hydrogen) atoms. The molecule has 0 atom stereocenters. The van der Waals surface area contributed by atoms with Crippen molar-refractivity contribution in [1.82, 2.24) is 4.98 Å². The number of nitrogens with zero attached hydrogens (tertiary/aromatic N) is 1. The smallest absolute Gasteiger partial charge is 0.354 e. The molecule has 5 nitrogen and oxygen atoms in total. The maximum Gasteiger partial charge on any atom is 0.354 e. The van der Waals surface area contributed by atoms with Gasteiger partial charge in [-0.05, 0) is 36.4 Å². The zero-order chi connectivity index (χ0) is 13.8. The van der Waals surface area contributed by atoms with Gasteiger partial charge >= 0.3 is 5.97 Å². The average molecular weight is 260 g/mol. The number of carboxylic acid groups (broad SMARTS) is 1. The third-order valence-corrected chi connectivity index (χ3v) is 2.30. The molecule has 96 valence electrons. The number of benzene rings is 1. The number of anilines is 1. The van der Waals surface area contributed by atoms with E-state index in [0.717, 1.165) is 0 Å². The predicted molar refractivity (Wildman–Crippen MR) is 65.5 cm³/mol. The summed E-state index contributed by atoms with van der Waals surface area (Å²) < 4.78 is 12.7. The predicted octanol–water partition coefficient (Wildman–Crippen LogP) is 2.17. The van der Waals surface area contributed by atoms with Gasteiger partial charge in [0.05, 0.1) is 0 Å². The van der Waals surface area contributed by atoms with Gasteiger partial charge in [-0.1, -0.05) is 6.07 Å². The lowest BCUT2D eigenvalue weighted by Gasteiger charge is -2.05. The summed E-state index contributed by atoms with van der Waals surface area (Å²) in [7, 11) is 0. The minimum absolute atomic E-state index is 0.0239. The number of carbonyl (C=O) groups is 2. The summed E-state index contributed by atoms with van der Waals surface area (Å²) in [6.45, 7) is 0. The number of rotatable bonds is 3.